The van der Waals surface area contributed by atoms with Crippen LogP contribution in [0.25, 0.3) is 0 Å². The van der Waals surface area contributed by atoms with Crippen molar-refractivity contribution in [3.63, 3.8) is 0 Å². The molecule has 2 aromatic rings. The second-order valence-electron chi connectivity index (χ2n) is 4.39. The van der Waals surface area contributed by atoms with Crippen molar-refractivity contribution in [2.24, 2.45) is 5.10 Å². The van der Waals surface area contributed by atoms with Crippen molar-refractivity contribution in [2.45, 2.75) is 6.92 Å². The average Bonchev–Trinajstić information content (AvgIpc) is 2.43. The summed E-state index contributed by atoms with van der Waals surface area (Å²) < 4.78 is 0.705. The highest BCUT2D eigenvalue weighted by atomic mass is 79.9. The number of phenols is 1. The van der Waals surface area contributed by atoms with Crippen molar-refractivity contribution in [2.75, 3.05) is 0 Å². The van der Waals surface area contributed by atoms with Gasteiger partial charge in [-0.15, -0.1) is 0 Å². The normalized spacial score (nSPS) is 10.8. The Morgan fingerprint density at radius 1 is 1.38 bits per heavy atom. The third kappa shape index (κ3) is 4.06. The van der Waals surface area contributed by atoms with E-state index in [9.17, 15) is 9.90 Å². The molecule has 1 amide bonds. The van der Waals surface area contributed by atoms with Crippen molar-refractivity contribution in [1.29, 1.82) is 0 Å². The van der Waals surface area contributed by atoms with Crippen LogP contribution in [0.5, 0.6) is 5.75 Å². The Bertz CT molecular complexity index is 717. The molecular formula is C15H12BrClN2O2. The molecule has 4 nitrogen and oxygen atoms in total. The third-order valence-corrected chi connectivity index (χ3v) is 3.45. The number of phenolic OH excluding ortho intramolecular Hbond substituents is 1. The second-order valence-corrected chi connectivity index (χ2v) is 5.72. The first-order valence-electron chi connectivity index (χ1n) is 6.05. The monoisotopic (exact) mass is 366 g/mol. The molecule has 6 heteroatoms. The van der Waals surface area contributed by atoms with Gasteiger partial charge in [0.05, 0.1) is 11.2 Å². The number of aromatic hydroxyl groups is 1. The van der Waals surface area contributed by atoms with Gasteiger partial charge in [-0.3, -0.25) is 4.79 Å². The second kappa shape index (κ2) is 6.74. The van der Waals surface area contributed by atoms with E-state index in [1.807, 2.05) is 13.0 Å². The van der Waals surface area contributed by atoms with Crippen molar-refractivity contribution in [3.05, 3.63) is 62.6 Å². The number of benzene rings is 2. The number of hydrogen-bond acceptors (Lipinski definition) is 3. The minimum Gasteiger partial charge on any atom is -0.506 e. The highest BCUT2D eigenvalue weighted by Crippen LogP contribution is 2.30. The van der Waals surface area contributed by atoms with E-state index in [1.165, 1.54) is 6.21 Å². The van der Waals surface area contributed by atoms with Crippen LogP contribution in [0.3, 0.4) is 0 Å². The van der Waals surface area contributed by atoms with Crippen LogP contribution in [0.4, 0.5) is 0 Å². The minimum absolute atomic E-state index is 0.0894. The standard InChI is InChI=1S/C15H12BrClN2O2/c1-9-3-2-4-10(5-9)15(21)19-18-8-11-6-12(16)7-13(17)14(11)20/h2-8,20H,1H3,(H,19,21)/b18-8-. The summed E-state index contributed by atoms with van der Waals surface area (Å²) in [6.45, 7) is 1.90. The highest BCUT2D eigenvalue weighted by Gasteiger charge is 2.07. The number of hydrogen-bond donors (Lipinski definition) is 2. The predicted octanol–water partition coefficient (Wildman–Crippen LogP) is 3.88. The van der Waals surface area contributed by atoms with E-state index in [2.05, 4.69) is 26.5 Å². The van der Waals surface area contributed by atoms with E-state index in [-0.39, 0.29) is 16.7 Å². The Morgan fingerprint density at radius 2 is 2.14 bits per heavy atom. The Kier molecular flexibility index (Phi) is 4.98. The van der Waals surface area contributed by atoms with Gasteiger partial charge in [0.15, 0.2) is 0 Å². The van der Waals surface area contributed by atoms with Crippen molar-refractivity contribution in [3.8, 4) is 5.75 Å². The summed E-state index contributed by atoms with van der Waals surface area (Å²) in [5.41, 5.74) is 4.31. The fourth-order valence-electron chi connectivity index (χ4n) is 1.70. The number of amides is 1. The van der Waals surface area contributed by atoms with E-state index in [4.69, 9.17) is 11.6 Å². The van der Waals surface area contributed by atoms with Gasteiger partial charge in [-0.1, -0.05) is 45.2 Å². The first-order valence-corrected chi connectivity index (χ1v) is 7.22. The fourth-order valence-corrected chi connectivity index (χ4v) is 2.53. The number of hydrazone groups is 1. The molecule has 0 unspecified atom stereocenters. The molecule has 0 saturated heterocycles. The van der Waals surface area contributed by atoms with Gasteiger partial charge in [-0.05, 0) is 31.2 Å². The number of aryl methyl sites for hydroxylation is 1. The molecule has 21 heavy (non-hydrogen) atoms. The van der Waals surface area contributed by atoms with Crippen LogP contribution in [0, 0.1) is 6.92 Å². The lowest BCUT2D eigenvalue weighted by Gasteiger charge is -2.03. The van der Waals surface area contributed by atoms with Crippen molar-refractivity contribution >= 4 is 39.7 Å². The molecule has 0 aliphatic heterocycles. The molecule has 0 aliphatic rings. The third-order valence-electron chi connectivity index (χ3n) is 2.71. The first-order chi connectivity index (χ1) is 9.97. The molecule has 0 radical (unpaired) electrons. The molecule has 2 rings (SSSR count). The zero-order valence-electron chi connectivity index (χ0n) is 11.1. The number of rotatable bonds is 3. The summed E-state index contributed by atoms with van der Waals surface area (Å²) in [5.74, 6) is -0.413. The molecule has 108 valence electrons. The van der Waals surface area contributed by atoms with Crippen molar-refractivity contribution < 1.29 is 9.90 Å². The van der Waals surface area contributed by atoms with E-state index in [0.29, 0.717) is 15.6 Å². The lowest BCUT2D eigenvalue weighted by Crippen LogP contribution is -2.17. The molecule has 0 aromatic heterocycles. The predicted molar refractivity (Wildman–Crippen MR) is 87.1 cm³/mol. The number of carbonyl (C=O) groups excluding carboxylic acids is 1. The number of nitrogens with one attached hydrogen (secondary N) is 1. The molecular weight excluding hydrogens is 356 g/mol. The lowest BCUT2D eigenvalue weighted by atomic mass is 10.1. The van der Waals surface area contributed by atoms with Gasteiger partial charge in [0.25, 0.3) is 5.91 Å². The maximum atomic E-state index is 11.9. The van der Waals surface area contributed by atoms with Crippen LogP contribution in [0.2, 0.25) is 5.02 Å². The molecule has 0 bridgehead atoms. The Morgan fingerprint density at radius 3 is 2.86 bits per heavy atom. The van der Waals surface area contributed by atoms with Crippen molar-refractivity contribution in [1.82, 2.24) is 5.43 Å². The SMILES string of the molecule is Cc1cccc(C(=O)N/N=C\c2cc(Br)cc(Cl)c2O)c1. The summed E-state index contributed by atoms with van der Waals surface area (Å²) in [6, 6.07) is 10.4. The topological polar surface area (TPSA) is 61.7 Å². The Hall–Kier alpha value is -1.85. The van der Waals surface area contributed by atoms with E-state index in [0.717, 1.165) is 5.56 Å². The maximum Gasteiger partial charge on any atom is 0.271 e. The summed E-state index contributed by atoms with van der Waals surface area (Å²) in [7, 11) is 0. The minimum atomic E-state index is -0.324. The summed E-state index contributed by atoms with van der Waals surface area (Å²) >= 11 is 9.11. The molecule has 0 spiro atoms. The Balaban J connectivity index is 2.11. The molecule has 0 heterocycles. The summed E-state index contributed by atoms with van der Waals surface area (Å²) in [6.07, 6.45) is 1.33. The number of nitrogens with zero attached hydrogens (tertiary/aromatic N) is 1. The largest absolute Gasteiger partial charge is 0.506 e. The molecule has 0 aliphatic carbocycles. The molecule has 2 aromatic carbocycles. The van der Waals surface area contributed by atoms with Gasteiger partial charge in [-0.2, -0.15) is 5.10 Å². The van der Waals surface area contributed by atoms with Crippen LogP contribution in [0.1, 0.15) is 21.5 Å². The first kappa shape index (κ1) is 15.5. The number of carbonyl (C=O) groups is 1. The highest BCUT2D eigenvalue weighted by molar-refractivity contribution is 9.10. The van der Waals surface area contributed by atoms with Crippen LogP contribution in [0.15, 0.2) is 46.0 Å². The van der Waals surface area contributed by atoms with E-state index < -0.39 is 0 Å². The molecule has 2 N–H and O–H groups in total. The lowest BCUT2D eigenvalue weighted by molar-refractivity contribution is 0.0955. The molecule has 0 saturated carbocycles. The van der Waals surface area contributed by atoms with Crippen LogP contribution in [-0.4, -0.2) is 17.2 Å². The molecule has 0 fully saturated rings. The quantitative estimate of drug-likeness (QED) is 0.639. The van der Waals surface area contributed by atoms with Crippen LogP contribution in [-0.2, 0) is 0 Å². The smallest absolute Gasteiger partial charge is 0.271 e. The van der Waals surface area contributed by atoms with Gasteiger partial charge in [0, 0.05) is 15.6 Å². The van der Waals surface area contributed by atoms with Gasteiger partial charge in [0.1, 0.15) is 5.75 Å². The average molecular weight is 368 g/mol. The zero-order chi connectivity index (χ0) is 15.4. The summed E-state index contributed by atoms with van der Waals surface area (Å²) in [4.78, 5) is 11.9. The van der Waals surface area contributed by atoms with Crippen LogP contribution < -0.4 is 5.43 Å². The van der Waals surface area contributed by atoms with E-state index in [1.54, 1.807) is 30.3 Å². The Labute approximate surface area is 135 Å². The van der Waals surface area contributed by atoms with E-state index >= 15 is 0 Å². The van der Waals surface area contributed by atoms with Gasteiger partial charge in [-0.25, -0.2) is 5.43 Å². The summed E-state index contributed by atoms with van der Waals surface area (Å²) in [5, 5.41) is 13.8. The fraction of sp³-hybridized carbons (Fsp3) is 0.0667. The van der Waals surface area contributed by atoms with Crippen LogP contribution >= 0.6 is 27.5 Å². The number of halogens is 2. The van der Waals surface area contributed by atoms with Gasteiger partial charge < -0.3 is 5.11 Å². The zero-order valence-corrected chi connectivity index (χ0v) is 13.4. The van der Waals surface area contributed by atoms with Gasteiger partial charge >= 0.3 is 0 Å². The van der Waals surface area contributed by atoms with Gasteiger partial charge in [0.2, 0.25) is 0 Å². The molecule has 0 atom stereocenters. The maximum absolute atomic E-state index is 11.9.